The number of anilines is 2. The maximum atomic E-state index is 11.1. The number of hydrazone groups is 2. The molecule has 0 fully saturated rings. The summed E-state index contributed by atoms with van der Waals surface area (Å²) in [5, 5.41) is 39.9. The minimum Gasteiger partial charge on any atom is -0.259 e. The van der Waals surface area contributed by atoms with Gasteiger partial charge in [-0.15, -0.1) is 10.2 Å². The molecule has 0 aliphatic carbocycles. The van der Waals surface area contributed by atoms with Crippen molar-refractivity contribution in [2.75, 3.05) is 10.9 Å². The van der Waals surface area contributed by atoms with Crippen LogP contribution in [0.2, 0.25) is 10.0 Å². The van der Waals surface area contributed by atoms with E-state index in [9.17, 15) is 20.2 Å². The van der Waals surface area contributed by atoms with E-state index in [0.29, 0.717) is 33.5 Å². The molecule has 0 bridgehead atoms. The van der Waals surface area contributed by atoms with Crippen molar-refractivity contribution < 1.29 is 9.85 Å². The number of benzene rings is 3. The first-order chi connectivity index (χ1) is 17.3. The van der Waals surface area contributed by atoms with Crippen molar-refractivity contribution in [3.05, 3.63) is 102 Å². The highest BCUT2D eigenvalue weighted by atomic mass is 35.5. The molecular weight excluding hydrogens is 511 g/mol. The molecule has 4 aromatic rings. The van der Waals surface area contributed by atoms with Gasteiger partial charge in [0.2, 0.25) is 0 Å². The topological polar surface area (TPSA) is 161 Å². The summed E-state index contributed by atoms with van der Waals surface area (Å²) in [6.07, 6.45) is 2.78. The molecule has 1 aromatic heterocycles. The molecule has 4 rings (SSSR count). The van der Waals surface area contributed by atoms with Crippen molar-refractivity contribution in [2.45, 2.75) is 0 Å². The first-order valence-electron chi connectivity index (χ1n) is 10.0. The minimum atomic E-state index is -0.575. The Balaban J connectivity index is 1.53. The van der Waals surface area contributed by atoms with Crippen LogP contribution in [0.4, 0.5) is 23.0 Å². The number of fused-ring (bicyclic) bond motifs is 1. The van der Waals surface area contributed by atoms with Crippen LogP contribution in [0.15, 0.2) is 70.9 Å². The molecule has 0 amide bonds. The Morgan fingerprint density at radius 2 is 1.14 bits per heavy atom. The molecule has 0 aliphatic heterocycles. The molecule has 180 valence electrons. The Morgan fingerprint density at radius 3 is 1.53 bits per heavy atom. The number of aromatic nitrogens is 2. The van der Waals surface area contributed by atoms with Crippen molar-refractivity contribution >= 4 is 69.4 Å². The molecule has 14 heteroatoms. The second-order valence-corrected chi connectivity index (χ2v) is 7.93. The van der Waals surface area contributed by atoms with Crippen LogP contribution in [-0.2, 0) is 0 Å². The van der Waals surface area contributed by atoms with Crippen LogP contribution >= 0.6 is 23.2 Å². The Morgan fingerprint density at radius 1 is 0.722 bits per heavy atom. The third kappa shape index (κ3) is 5.51. The number of rotatable bonds is 8. The lowest BCUT2D eigenvalue weighted by atomic mass is 10.2. The van der Waals surface area contributed by atoms with Gasteiger partial charge in [0.1, 0.15) is 10.0 Å². The molecule has 3 aromatic carbocycles. The first-order valence-corrected chi connectivity index (χ1v) is 10.8. The van der Waals surface area contributed by atoms with Gasteiger partial charge in [-0.25, -0.2) is 0 Å². The SMILES string of the molecule is O=[N+]([O-])c1cc(/C=N\Nc2nnc(N/N=C/c3ccc(Cl)c([N+](=O)[O-])c3)c3ccccc23)ccc1Cl. The van der Waals surface area contributed by atoms with Crippen molar-refractivity contribution in [1.82, 2.24) is 10.2 Å². The maximum absolute atomic E-state index is 11.1. The highest BCUT2D eigenvalue weighted by molar-refractivity contribution is 6.33. The molecule has 0 unspecified atom stereocenters. The monoisotopic (exact) mass is 524 g/mol. The average Bonchev–Trinajstić information content (AvgIpc) is 2.86. The fourth-order valence-electron chi connectivity index (χ4n) is 3.10. The van der Waals surface area contributed by atoms with Gasteiger partial charge in [0.15, 0.2) is 11.6 Å². The average molecular weight is 525 g/mol. The standard InChI is InChI=1S/C22H14Cl2N8O4/c23-17-7-5-13(9-19(17)31(33)34)11-25-27-21-15-3-1-2-4-16(15)22(30-29-21)28-26-12-14-6-8-18(24)20(10-14)32(35)36/h1-12H,(H,27,29)(H,28,30)/b25-11-,26-12+. The number of hydrogen-bond donors (Lipinski definition) is 2. The summed E-state index contributed by atoms with van der Waals surface area (Å²) in [5.41, 5.74) is 6.04. The predicted molar refractivity (Wildman–Crippen MR) is 138 cm³/mol. The fourth-order valence-corrected chi connectivity index (χ4v) is 3.48. The van der Waals surface area contributed by atoms with E-state index < -0.39 is 9.85 Å². The van der Waals surface area contributed by atoms with Gasteiger partial charge in [-0.1, -0.05) is 59.6 Å². The summed E-state index contributed by atoms with van der Waals surface area (Å²) in [6, 6.07) is 15.8. The zero-order valence-corrected chi connectivity index (χ0v) is 19.5. The third-order valence-electron chi connectivity index (χ3n) is 4.79. The summed E-state index contributed by atoms with van der Waals surface area (Å²) in [5.74, 6) is 0.682. The van der Waals surface area contributed by atoms with Crippen LogP contribution in [-0.4, -0.2) is 32.5 Å². The van der Waals surface area contributed by atoms with Crippen molar-refractivity contribution in [1.29, 1.82) is 0 Å². The summed E-state index contributed by atoms with van der Waals surface area (Å²) < 4.78 is 0. The van der Waals surface area contributed by atoms with Gasteiger partial charge < -0.3 is 0 Å². The zero-order chi connectivity index (χ0) is 25.7. The lowest BCUT2D eigenvalue weighted by Crippen LogP contribution is -2.02. The van der Waals surface area contributed by atoms with Crippen molar-refractivity contribution in [2.24, 2.45) is 10.2 Å². The fraction of sp³-hybridized carbons (Fsp3) is 0. The minimum absolute atomic E-state index is 0.0296. The van der Waals surface area contributed by atoms with Gasteiger partial charge in [-0.2, -0.15) is 10.2 Å². The van der Waals surface area contributed by atoms with E-state index in [-0.39, 0.29) is 21.4 Å². The van der Waals surface area contributed by atoms with Gasteiger partial charge in [0.25, 0.3) is 11.4 Å². The van der Waals surface area contributed by atoms with E-state index in [1.807, 2.05) is 0 Å². The predicted octanol–water partition coefficient (Wildman–Crippen LogP) is 5.65. The van der Waals surface area contributed by atoms with E-state index in [0.717, 1.165) is 0 Å². The molecule has 0 saturated heterocycles. The number of hydrogen-bond acceptors (Lipinski definition) is 10. The lowest BCUT2D eigenvalue weighted by molar-refractivity contribution is -0.384. The summed E-state index contributed by atoms with van der Waals surface area (Å²) >= 11 is 11.7. The second kappa shape index (κ2) is 10.7. The van der Waals surface area contributed by atoms with E-state index in [1.165, 1.54) is 36.7 Å². The number of nitrogens with zero attached hydrogens (tertiary/aromatic N) is 6. The number of nitrogens with one attached hydrogen (secondary N) is 2. The van der Waals surface area contributed by atoms with Gasteiger partial charge in [0, 0.05) is 34.0 Å². The Labute approximate surface area is 212 Å². The van der Waals surface area contributed by atoms with Crippen molar-refractivity contribution in [3.63, 3.8) is 0 Å². The van der Waals surface area contributed by atoms with E-state index in [4.69, 9.17) is 23.2 Å². The molecule has 2 N–H and O–H groups in total. The zero-order valence-electron chi connectivity index (χ0n) is 18.0. The molecular formula is C22H14Cl2N8O4. The van der Waals surface area contributed by atoms with E-state index in [1.54, 1.807) is 36.4 Å². The molecule has 0 aliphatic rings. The largest absolute Gasteiger partial charge is 0.288 e. The summed E-state index contributed by atoms with van der Waals surface area (Å²) in [4.78, 5) is 21.0. The van der Waals surface area contributed by atoms with Gasteiger partial charge >= 0.3 is 0 Å². The first kappa shape index (κ1) is 24.4. The van der Waals surface area contributed by atoms with Crippen LogP contribution in [0.5, 0.6) is 0 Å². The maximum Gasteiger partial charge on any atom is 0.288 e. The quantitative estimate of drug-likeness (QED) is 0.170. The molecule has 12 nitrogen and oxygen atoms in total. The third-order valence-corrected chi connectivity index (χ3v) is 5.43. The number of nitro benzene ring substituents is 2. The van der Waals surface area contributed by atoms with Crippen LogP contribution < -0.4 is 10.9 Å². The number of nitro groups is 2. The highest BCUT2D eigenvalue weighted by Gasteiger charge is 2.13. The van der Waals surface area contributed by atoms with Gasteiger partial charge in [-0.3, -0.25) is 31.1 Å². The Hall–Kier alpha value is -4.68. The second-order valence-electron chi connectivity index (χ2n) is 7.12. The molecule has 0 radical (unpaired) electrons. The summed E-state index contributed by atoms with van der Waals surface area (Å²) in [7, 11) is 0. The molecule has 36 heavy (non-hydrogen) atoms. The van der Waals surface area contributed by atoms with Crippen LogP contribution in [0.3, 0.4) is 0 Å². The van der Waals surface area contributed by atoms with Crippen LogP contribution in [0, 0.1) is 20.2 Å². The Kier molecular flexibility index (Phi) is 7.28. The molecule has 1 heterocycles. The molecule has 0 spiro atoms. The number of halogens is 2. The van der Waals surface area contributed by atoms with E-state index in [2.05, 4.69) is 31.3 Å². The van der Waals surface area contributed by atoms with Crippen LogP contribution in [0.25, 0.3) is 10.8 Å². The van der Waals surface area contributed by atoms with Crippen molar-refractivity contribution in [3.8, 4) is 0 Å². The lowest BCUT2D eigenvalue weighted by Gasteiger charge is -2.08. The Bertz CT molecular complexity index is 1430. The van der Waals surface area contributed by atoms with Gasteiger partial charge in [0.05, 0.1) is 22.3 Å². The van der Waals surface area contributed by atoms with E-state index >= 15 is 0 Å². The summed E-state index contributed by atoms with van der Waals surface area (Å²) in [6.45, 7) is 0. The van der Waals surface area contributed by atoms with Crippen LogP contribution in [0.1, 0.15) is 11.1 Å². The smallest absolute Gasteiger partial charge is 0.259 e. The molecule has 0 saturated carbocycles. The highest BCUT2D eigenvalue weighted by Crippen LogP contribution is 2.27. The normalized spacial score (nSPS) is 11.3. The van der Waals surface area contributed by atoms with Gasteiger partial charge in [-0.05, 0) is 12.1 Å². The molecule has 0 atom stereocenters.